The lowest BCUT2D eigenvalue weighted by Crippen LogP contribution is -2.30. The number of carbonyl (C=O) groups excluding carboxylic acids is 1. The third-order valence-corrected chi connectivity index (χ3v) is 3.76. The highest BCUT2D eigenvalue weighted by atomic mass is 16.2. The fourth-order valence-corrected chi connectivity index (χ4v) is 2.65. The predicted molar refractivity (Wildman–Crippen MR) is 70.9 cm³/mol. The Morgan fingerprint density at radius 1 is 1.39 bits per heavy atom. The van der Waals surface area contributed by atoms with Crippen LogP contribution in [-0.2, 0) is 6.42 Å². The Kier molecular flexibility index (Phi) is 4.39. The molecule has 1 fully saturated rings. The number of hydrogen-bond donors (Lipinski definition) is 1. The number of nitrogens with zero attached hydrogens (tertiary/aromatic N) is 1. The summed E-state index contributed by atoms with van der Waals surface area (Å²) in [7, 11) is 0. The largest absolute Gasteiger partial charge is 0.332 e. The third-order valence-electron chi connectivity index (χ3n) is 3.76. The van der Waals surface area contributed by atoms with Crippen molar-refractivity contribution < 1.29 is 4.79 Å². The third kappa shape index (κ3) is 2.92. The normalized spacial score (nSPS) is 16.9. The lowest BCUT2D eigenvalue weighted by atomic mass is 9.88. The van der Waals surface area contributed by atoms with Crippen LogP contribution in [0.4, 0.5) is 0 Å². The molecule has 1 N–H and O–H groups in total. The molecule has 4 nitrogen and oxygen atoms in total. The second-order valence-electron chi connectivity index (χ2n) is 5.23. The summed E-state index contributed by atoms with van der Waals surface area (Å²) >= 11 is 0. The van der Waals surface area contributed by atoms with Gasteiger partial charge in [-0.05, 0) is 25.7 Å². The number of aromatic nitrogens is 2. The first kappa shape index (κ1) is 13.1. The van der Waals surface area contributed by atoms with Crippen molar-refractivity contribution in [3.8, 4) is 0 Å². The summed E-state index contributed by atoms with van der Waals surface area (Å²) in [6.45, 7) is 2.11. The zero-order valence-corrected chi connectivity index (χ0v) is 11.1. The molecule has 0 saturated heterocycles. The van der Waals surface area contributed by atoms with Gasteiger partial charge in [-0.25, -0.2) is 9.36 Å². The van der Waals surface area contributed by atoms with E-state index in [1.807, 2.05) is 0 Å². The second kappa shape index (κ2) is 6.03. The summed E-state index contributed by atoms with van der Waals surface area (Å²) in [5.74, 6) is 0.0324. The molecule has 100 valence electrons. The average Bonchev–Trinajstić information content (AvgIpc) is 2.78. The van der Waals surface area contributed by atoms with E-state index < -0.39 is 0 Å². The van der Waals surface area contributed by atoms with Gasteiger partial charge in [-0.2, -0.15) is 0 Å². The quantitative estimate of drug-likeness (QED) is 0.893. The van der Waals surface area contributed by atoms with E-state index in [9.17, 15) is 9.59 Å². The van der Waals surface area contributed by atoms with E-state index in [2.05, 4.69) is 11.9 Å². The molecule has 1 aromatic heterocycles. The fourth-order valence-electron chi connectivity index (χ4n) is 2.65. The topological polar surface area (TPSA) is 54.9 Å². The number of aromatic amines is 1. The van der Waals surface area contributed by atoms with E-state index in [0.29, 0.717) is 0 Å². The summed E-state index contributed by atoms with van der Waals surface area (Å²) < 4.78 is 1.29. The maximum absolute atomic E-state index is 12.3. The smallest absolute Gasteiger partial charge is 0.309 e. The molecule has 1 heterocycles. The van der Waals surface area contributed by atoms with Crippen LogP contribution in [-0.4, -0.2) is 15.5 Å². The number of hydrogen-bond acceptors (Lipinski definition) is 2. The number of unbranched alkanes of at least 4 members (excludes halogenated alkanes) is 1. The molecule has 4 heteroatoms. The highest BCUT2D eigenvalue weighted by molar-refractivity contribution is 5.81. The van der Waals surface area contributed by atoms with E-state index in [1.165, 1.54) is 11.0 Å². The van der Waals surface area contributed by atoms with Crippen LogP contribution in [0.5, 0.6) is 0 Å². The van der Waals surface area contributed by atoms with Crippen molar-refractivity contribution in [3.63, 3.8) is 0 Å². The summed E-state index contributed by atoms with van der Waals surface area (Å²) in [6, 6.07) is 0. The Hall–Kier alpha value is -1.32. The molecule has 1 aromatic rings. The minimum absolute atomic E-state index is 0.0151. The zero-order valence-electron chi connectivity index (χ0n) is 11.1. The van der Waals surface area contributed by atoms with Crippen LogP contribution in [0, 0.1) is 5.92 Å². The number of nitrogens with one attached hydrogen (secondary N) is 1. The molecule has 0 aliphatic heterocycles. The molecular formula is C14H22N2O2. The van der Waals surface area contributed by atoms with Crippen molar-refractivity contribution in [2.75, 3.05) is 0 Å². The first-order valence-corrected chi connectivity index (χ1v) is 7.07. The van der Waals surface area contributed by atoms with Gasteiger partial charge < -0.3 is 4.98 Å². The number of rotatable bonds is 4. The van der Waals surface area contributed by atoms with Crippen LogP contribution in [0.3, 0.4) is 0 Å². The molecule has 0 amide bonds. The Morgan fingerprint density at radius 2 is 2.11 bits per heavy atom. The molecule has 0 spiro atoms. The van der Waals surface area contributed by atoms with Gasteiger partial charge in [-0.3, -0.25) is 4.79 Å². The maximum atomic E-state index is 12.3. The molecular weight excluding hydrogens is 228 g/mol. The van der Waals surface area contributed by atoms with Gasteiger partial charge in [0.2, 0.25) is 5.91 Å². The molecule has 0 bridgehead atoms. The van der Waals surface area contributed by atoms with Gasteiger partial charge in [0, 0.05) is 17.8 Å². The van der Waals surface area contributed by atoms with Gasteiger partial charge in [-0.15, -0.1) is 0 Å². The Balaban J connectivity index is 2.09. The molecule has 0 atom stereocenters. The van der Waals surface area contributed by atoms with E-state index in [4.69, 9.17) is 0 Å². The minimum Gasteiger partial charge on any atom is -0.309 e. The monoisotopic (exact) mass is 250 g/mol. The van der Waals surface area contributed by atoms with Gasteiger partial charge in [0.05, 0.1) is 0 Å². The molecule has 1 aliphatic carbocycles. The predicted octanol–water partition coefficient (Wildman–Crippen LogP) is 2.74. The van der Waals surface area contributed by atoms with Gasteiger partial charge in [0.15, 0.2) is 0 Å². The molecule has 18 heavy (non-hydrogen) atoms. The molecule has 1 saturated carbocycles. The highest BCUT2D eigenvalue weighted by Crippen LogP contribution is 2.24. The van der Waals surface area contributed by atoms with Gasteiger partial charge in [0.1, 0.15) is 0 Å². The average molecular weight is 250 g/mol. The van der Waals surface area contributed by atoms with Crippen molar-refractivity contribution in [2.24, 2.45) is 5.92 Å². The van der Waals surface area contributed by atoms with E-state index in [-0.39, 0.29) is 17.5 Å². The molecule has 1 aliphatic rings. The number of aryl methyl sites for hydroxylation is 1. The zero-order chi connectivity index (χ0) is 13.0. The lowest BCUT2D eigenvalue weighted by molar-refractivity contribution is 0.0797. The van der Waals surface area contributed by atoms with Crippen molar-refractivity contribution in [1.29, 1.82) is 0 Å². The van der Waals surface area contributed by atoms with E-state index >= 15 is 0 Å². The Labute approximate surface area is 107 Å². The van der Waals surface area contributed by atoms with Gasteiger partial charge in [-0.1, -0.05) is 32.6 Å². The van der Waals surface area contributed by atoms with Gasteiger partial charge in [0.25, 0.3) is 0 Å². The minimum atomic E-state index is -0.267. The van der Waals surface area contributed by atoms with Crippen LogP contribution >= 0.6 is 0 Å². The second-order valence-corrected chi connectivity index (χ2v) is 5.23. The van der Waals surface area contributed by atoms with Crippen molar-refractivity contribution in [1.82, 2.24) is 9.55 Å². The Morgan fingerprint density at radius 3 is 2.78 bits per heavy atom. The SMILES string of the molecule is CCCCc1cn(C(=O)C2CCCCC2)c(=O)[nH]1. The summed E-state index contributed by atoms with van der Waals surface area (Å²) in [6.07, 6.45) is 9.97. The van der Waals surface area contributed by atoms with Crippen LogP contribution in [0.15, 0.2) is 11.0 Å². The molecule has 2 rings (SSSR count). The molecule has 0 unspecified atom stereocenters. The van der Waals surface area contributed by atoms with Crippen molar-refractivity contribution in [2.45, 2.75) is 58.3 Å². The van der Waals surface area contributed by atoms with Crippen LogP contribution in [0.2, 0.25) is 0 Å². The van der Waals surface area contributed by atoms with Crippen LogP contribution in [0.25, 0.3) is 0 Å². The summed E-state index contributed by atoms with van der Waals surface area (Å²) in [5.41, 5.74) is 0.614. The van der Waals surface area contributed by atoms with E-state index in [1.54, 1.807) is 6.20 Å². The summed E-state index contributed by atoms with van der Waals surface area (Å²) in [4.78, 5) is 26.8. The number of carbonyl (C=O) groups is 1. The lowest BCUT2D eigenvalue weighted by Gasteiger charge is -2.19. The van der Waals surface area contributed by atoms with Crippen LogP contribution < -0.4 is 5.69 Å². The molecule has 0 aromatic carbocycles. The van der Waals surface area contributed by atoms with Gasteiger partial charge >= 0.3 is 5.69 Å². The number of H-pyrrole nitrogens is 1. The number of imidazole rings is 1. The van der Waals surface area contributed by atoms with Crippen LogP contribution in [0.1, 0.15) is 62.4 Å². The van der Waals surface area contributed by atoms with Crippen molar-refractivity contribution >= 4 is 5.91 Å². The molecule has 0 radical (unpaired) electrons. The first-order valence-electron chi connectivity index (χ1n) is 7.07. The maximum Gasteiger partial charge on any atom is 0.332 e. The Bertz CT molecular complexity index is 453. The fraction of sp³-hybridized carbons (Fsp3) is 0.714. The highest BCUT2D eigenvalue weighted by Gasteiger charge is 2.23. The van der Waals surface area contributed by atoms with Crippen molar-refractivity contribution in [3.05, 3.63) is 22.4 Å². The van der Waals surface area contributed by atoms with E-state index in [0.717, 1.165) is 50.6 Å². The first-order chi connectivity index (χ1) is 8.72. The standard InChI is InChI=1S/C14H22N2O2/c1-2-3-9-12-10-16(14(18)15-12)13(17)11-7-5-4-6-8-11/h10-11H,2-9H2,1H3,(H,15,18). The summed E-state index contributed by atoms with van der Waals surface area (Å²) in [5, 5.41) is 0.